The number of benzene rings is 1. The van der Waals surface area contributed by atoms with Crippen LogP contribution in [0, 0.1) is 0 Å². The fourth-order valence-electron chi connectivity index (χ4n) is 2.41. The van der Waals surface area contributed by atoms with Gasteiger partial charge in [0.15, 0.2) is 0 Å². The molecule has 2 heterocycles. The van der Waals surface area contributed by atoms with Crippen molar-refractivity contribution < 1.29 is 4.79 Å². The summed E-state index contributed by atoms with van der Waals surface area (Å²) in [5, 5.41) is 6.23. The van der Waals surface area contributed by atoms with E-state index in [0.29, 0.717) is 6.54 Å². The molecule has 1 aromatic carbocycles. The molecule has 1 aliphatic heterocycles. The molecule has 0 saturated heterocycles. The van der Waals surface area contributed by atoms with Gasteiger partial charge in [0.05, 0.1) is 0 Å². The highest BCUT2D eigenvalue weighted by Gasteiger charge is 2.25. The lowest BCUT2D eigenvalue weighted by molar-refractivity contribution is -0.121. The van der Waals surface area contributed by atoms with Crippen molar-refractivity contribution in [2.75, 3.05) is 11.9 Å². The lowest BCUT2D eigenvalue weighted by Crippen LogP contribution is -2.39. The lowest BCUT2D eigenvalue weighted by atomic mass is 10.1. The second-order valence-electron chi connectivity index (χ2n) is 4.77. The first kappa shape index (κ1) is 11.8. The molecule has 0 saturated carbocycles. The topological polar surface area (TPSA) is 46.1 Å². The second-order valence-corrected chi connectivity index (χ2v) is 4.77. The highest BCUT2D eigenvalue weighted by atomic mass is 16.2. The minimum absolute atomic E-state index is 0.0726. The van der Waals surface area contributed by atoms with Gasteiger partial charge in [0.25, 0.3) is 0 Å². The molecule has 2 aromatic rings. The van der Waals surface area contributed by atoms with Crippen molar-refractivity contribution in [1.82, 2.24) is 9.88 Å². The summed E-state index contributed by atoms with van der Waals surface area (Å²) >= 11 is 0. The molecular formula is C15H17N3O. The van der Waals surface area contributed by atoms with Crippen LogP contribution in [0.15, 0.2) is 48.8 Å². The molecule has 4 heteroatoms. The van der Waals surface area contributed by atoms with Crippen LogP contribution in [0.1, 0.15) is 5.56 Å². The van der Waals surface area contributed by atoms with Gasteiger partial charge < -0.3 is 15.2 Å². The summed E-state index contributed by atoms with van der Waals surface area (Å²) < 4.78 is 2.05. The number of carbonyl (C=O) groups is 1. The number of anilines is 1. The number of para-hydroxylation sites is 1. The summed E-state index contributed by atoms with van der Waals surface area (Å²) in [6.07, 6.45) is 4.76. The van der Waals surface area contributed by atoms with Crippen LogP contribution < -0.4 is 10.6 Å². The molecular weight excluding hydrogens is 238 g/mol. The molecule has 0 spiro atoms. The van der Waals surface area contributed by atoms with Gasteiger partial charge in [0.2, 0.25) is 5.91 Å². The fourth-order valence-corrected chi connectivity index (χ4v) is 2.41. The fraction of sp³-hybridized carbons (Fsp3) is 0.267. The Morgan fingerprint density at radius 1 is 1.26 bits per heavy atom. The van der Waals surface area contributed by atoms with E-state index in [0.717, 1.165) is 18.7 Å². The van der Waals surface area contributed by atoms with Crippen LogP contribution in [-0.2, 0) is 17.8 Å². The van der Waals surface area contributed by atoms with Gasteiger partial charge in [-0.3, -0.25) is 4.79 Å². The van der Waals surface area contributed by atoms with E-state index in [1.807, 2.05) is 42.7 Å². The number of amides is 1. The van der Waals surface area contributed by atoms with E-state index in [4.69, 9.17) is 0 Å². The molecule has 0 fully saturated rings. The molecule has 4 nitrogen and oxygen atoms in total. The summed E-state index contributed by atoms with van der Waals surface area (Å²) in [5.74, 6) is 0.0726. The second kappa shape index (κ2) is 5.18. The van der Waals surface area contributed by atoms with E-state index in [-0.39, 0.29) is 11.9 Å². The Morgan fingerprint density at radius 2 is 2.05 bits per heavy atom. The van der Waals surface area contributed by atoms with Crippen molar-refractivity contribution in [1.29, 1.82) is 0 Å². The number of carbonyl (C=O) groups excluding carboxylic acids is 1. The zero-order chi connectivity index (χ0) is 13.1. The van der Waals surface area contributed by atoms with E-state index < -0.39 is 0 Å². The third-order valence-corrected chi connectivity index (χ3v) is 3.42. The minimum Gasteiger partial charge on any atom is -0.373 e. The molecule has 1 amide bonds. The average Bonchev–Trinajstić information content (AvgIpc) is 3.07. The normalized spacial score (nSPS) is 16.7. The van der Waals surface area contributed by atoms with Crippen LogP contribution >= 0.6 is 0 Å². The van der Waals surface area contributed by atoms with Crippen LogP contribution in [-0.4, -0.2) is 23.1 Å². The zero-order valence-electron chi connectivity index (χ0n) is 10.7. The first-order valence-corrected chi connectivity index (χ1v) is 6.56. The molecule has 0 aliphatic carbocycles. The number of aromatic nitrogens is 1. The molecule has 0 radical (unpaired) electrons. The molecule has 1 unspecified atom stereocenters. The summed E-state index contributed by atoms with van der Waals surface area (Å²) in [7, 11) is 0. The highest BCUT2D eigenvalue weighted by Crippen LogP contribution is 2.24. The third-order valence-electron chi connectivity index (χ3n) is 3.42. The molecule has 1 aromatic heterocycles. The van der Waals surface area contributed by atoms with Crippen LogP contribution in [0.25, 0.3) is 0 Å². The van der Waals surface area contributed by atoms with Gasteiger partial charge in [-0.25, -0.2) is 0 Å². The van der Waals surface area contributed by atoms with Gasteiger partial charge >= 0.3 is 0 Å². The van der Waals surface area contributed by atoms with Crippen LogP contribution in [0.3, 0.4) is 0 Å². The molecule has 98 valence electrons. The number of nitrogens with one attached hydrogen (secondary N) is 2. The summed E-state index contributed by atoms with van der Waals surface area (Å²) in [4.78, 5) is 12.1. The Labute approximate surface area is 112 Å². The predicted molar refractivity (Wildman–Crippen MR) is 75.0 cm³/mol. The van der Waals surface area contributed by atoms with Crippen LogP contribution in [0.4, 0.5) is 5.69 Å². The van der Waals surface area contributed by atoms with Gasteiger partial charge in [-0.15, -0.1) is 0 Å². The number of hydrogen-bond donors (Lipinski definition) is 2. The Hall–Kier alpha value is -2.23. The number of rotatable bonds is 4. The third kappa shape index (κ3) is 2.62. The van der Waals surface area contributed by atoms with Gasteiger partial charge in [-0.1, -0.05) is 18.2 Å². The molecule has 1 atom stereocenters. The SMILES string of the molecule is O=C(NCCn1cccc1)C1Cc2ccccc2N1. The Balaban J connectivity index is 1.50. The summed E-state index contributed by atoms with van der Waals surface area (Å²) in [6, 6.07) is 11.9. The minimum atomic E-state index is -0.137. The summed E-state index contributed by atoms with van der Waals surface area (Å²) in [6.45, 7) is 1.46. The van der Waals surface area contributed by atoms with E-state index in [9.17, 15) is 4.79 Å². The first-order valence-electron chi connectivity index (χ1n) is 6.56. The molecule has 2 N–H and O–H groups in total. The van der Waals surface area contributed by atoms with Crippen molar-refractivity contribution in [2.45, 2.75) is 19.0 Å². The summed E-state index contributed by atoms with van der Waals surface area (Å²) in [5.41, 5.74) is 2.29. The maximum Gasteiger partial charge on any atom is 0.242 e. The quantitative estimate of drug-likeness (QED) is 0.872. The van der Waals surface area contributed by atoms with Gasteiger partial charge in [-0.05, 0) is 23.8 Å². The molecule has 3 rings (SSSR count). The van der Waals surface area contributed by atoms with Crippen molar-refractivity contribution >= 4 is 11.6 Å². The Bertz CT molecular complexity index is 538. The van der Waals surface area contributed by atoms with Crippen molar-refractivity contribution in [3.05, 3.63) is 54.4 Å². The number of nitrogens with zero attached hydrogens (tertiary/aromatic N) is 1. The van der Waals surface area contributed by atoms with Crippen molar-refractivity contribution in [2.24, 2.45) is 0 Å². The monoisotopic (exact) mass is 255 g/mol. The maximum atomic E-state index is 12.1. The Morgan fingerprint density at radius 3 is 2.84 bits per heavy atom. The van der Waals surface area contributed by atoms with Crippen molar-refractivity contribution in [3.63, 3.8) is 0 Å². The van der Waals surface area contributed by atoms with Gasteiger partial charge in [-0.2, -0.15) is 0 Å². The molecule has 1 aliphatic rings. The van der Waals surface area contributed by atoms with E-state index >= 15 is 0 Å². The number of fused-ring (bicyclic) bond motifs is 1. The smallest absolute Gasteiger partial charge is 0.242 e. The first-order chi connectivity index (χ1) is 9.33. The molecule has 0 bridgehead atoms. The maximum absolute atomic E-state index is 12.1. The van der Waals surface area contributed by atoms with E-state index in [1.165, 1.54) is 5.56 Å². The van der Waals surface area contributed by atoms with Gasteiger partial charge in [0.1, 0.15) is 6.04 Å². The lowest BCUT2D eigenvalue weighted by Gasteiger charge is -2.12. The highest BCUT2D eigenvalue weighted by molar-refractivity contribution is 5.87. The number of hydrogen-bond acceptors (Lipinski definition) is 2. The van der Waals surface area contributed by atoms with Gasteiger partial charge in [0, 0.05) is 37.6 Å². The van der Waals surface area contributed by atoms with E-state index in [1.54, 1.807) is 0 Å². The van der Waals surface area contributed by atoms with Crippen LogP contribution in [0.5, 0.6) is 0 Å². The largest absolute Gasteiger partial charge is 0.373 e. The van der Waals surface area contributed by atoms with Crippen LogP contribution in [0.2, 0.25) is 0 Å². The zero-order valence-corrected chi connectivity index (χ0v) is 10.7. The van der Waals surface area contributed by atoms with Crippen molar-refractivity contribution in [3.8, 4) is 0 Å². The standard InChI is InChI=1S/C15H17N3O/c19-15(16-7-10-18-8-3-4-9-18)14-11-12-5-1-2-6-13(12)17-14/h1-6,8-9,14,17H,7,10-11H2,(H,16,19). The predicted octanol–water partition coefficient (Wildman–Crippen LogP) is 1.64. The average molecular weight is 255 g/mol. The molecule has 19 heavy (non-hydrogen) atoms. The van der Waals surface area contributed by atoms with E-state index in [2.05, 4.69) is 21.3 Å². The Kier molecular flexibility index (Phi) is 3.23.